The minimum Gasteiger partial charge on any atom is -0.260 e. The molecule has 0 unspecified atom stereocenters. The Morgan fingerprint density at radius 3 is 2.71 bits per heavy atom. The third kappa shape index (κ3) is 1.91. The number of benzene rings is 2. The van der Waals surface area contributed by atoms with Crippen molar-refractivity contribution in [1.29, 1.82) is 0 Å². The van der Waals surface area contributed by atoms with Gasteiger partial charge in [-0.15, -0.1) is 0 Å². The summed E-state index contributed by atoms with van der Waals surface area (Å²) in [6, 6.07) is 14.9. The zero-order chi connectivity index (χ0) is 9.80. The van der Waals surface area contributed by atoms with Crippen LogP contribution >= 0.6 is 11.9 Å². The molecule has 0 atom stereocenters. The molecule has 0 heterocycles. The van der Waals surface area contributed by atoms with E-state index >= 15 is 0 Å². The second-order valence-corrected chi connectivity index (χ2v) is 3.86. The first-order valence-electron chi connectivity index (χ1n) is 4.64. The van der Waals surface area contributed by atoms with Crippen molar-refractivity contribution in [3.05, 3.63) is 48.0 Å². The lowest BCUT2D eigenvalue weighted by atomic mass is 10.1. The van der Waals surface area contributed by atoms with Crippen LogP contribution in [0.5, 0.6) is 0 Å². The molecule has 0 radical (unpaired) electrons. The summed E-state index contributed by atoms with van der Waals surface area (Å²) in [4.78, 5) is 0. The van der Waals surface area contributed by atoms with Crippen LogP contribution in [-0.4, -0.2) is 6.26 Å². The standard InChI is InChI=1S/C12H13NS/c1-14-13-9-11-7-4-6-10-5-2-3-8-12(10)11/h2-8,13H,9H2,1H3. The molecular formula is C12H13NS. The van der Waals surface area contributed by atoms with Gasteiger partial charge < -0.3 is 0 Å². The zero-order valence-electron chi connectivity index (χ0n) is 8.16. The van der Waals surface area contributed by atoms with Gasteiger partial charge in [0.05, 0.1) is 0 Å². The molecule has 2 aromatic carbocycles. The van der Waals surface area contributed by atoms with Gasteiger partial charge in [-0.05, 0) is 22.6 Å². The first kappa shape index (κ1) is 9.56. The number of rotatable bonds is 3. The molecule has 0 aliphatic carbocycles. The first-order chi connectivity index (χ1) is 6.92. The molecule has 0 amide bonds. The smallest absolute Gasteiger partial charge is 0.0316 e. The van der Waals surface area contributed by atoms with Gasteiger partial charge in [0.25, 0.3) is 0 Å². The lowest BCUT2D eigenvalue weighted by Gasteiger charge is -2.05. The SMILES string of the molecule is CSNCc1cccc2ccccc12. The maximum atomic E-state index is 3.27. The lowest BCUT2D eigenvalue weighted by Crippen LogP contribution is -2.02. The number of nitrogens with one attached hydrogen (secondary N) is 1. The molecule has 0 bridgehead atoms. The maximum absolute atomic E-state index is 3.27. The van der Waals surface area contributed by atoms with Crippen molar-refractivity contribution in [2.24, 2.45) is 0 Å². The van der Waals surface area contributed by atoms with Crippen molar-refractivity contribution in [3.8, 4) is 0 Å². The second-order valence-electron chi connectivity index (χ2n) is 3.16. The summed E-state index contributed by atoms with van der Waals surface area (Å²) >= 11 is 1.66. The van der Waals surface area contributed by atoms with E-state index in [2.05, 4.69) is 47.2 Å². The van der Waals surface area contributed by atoms with Gasteiger partial charge in [0.1, 0.15) is 0 Å². The normalized spacial score (nSPS) is 10.6. The molecule has 72 valence electrons. The van der Waals surface area contributed by atoms with Crippen LogP contribution < -0.4 is 4.72 Å². The Morgan fingerprint density at radius 2 is 1.86 bits per heavy atom. The predicted octanol–water partition coefficient (Wildman–Crippen LogP) is 3.21. The van der Waals surface area contributed by atoms with E-state index in [1.165, 1.54) is 16.3 Å². The summed E-state index contributed by atoms with van der Waals surface area (Å²) in [5.74, 6) is 0. The molecule has 1 N–H and O–H groups in total. The Balaban J connectivity index is 2.43. The summed E-state index contributed by atoms with van der Waals surface area (Å²) in [7, 11) is 0. The lowest BCUT2D eigenvalue weighted by molar-refractivity contribution is 0.991. The van der Waals surface area contributed by atoms with Gasteiger partial charge in [0.15, 0.2) is 0 Å². The molecule has 2 rings (SSSR count). The van der Waals surface area contributed by atoms with Crippen LogP contribution in [0.3, 0.4) is 0 Å². The number of fused-ring (bicyclic) bond motifs is 1. The fourth-order valence-corrected chi connectivity index (χ4v) is 1.90. The van der Waals surface area contributed by atoms with Crippen molar-refractivity contribution >= 4 is 22.7 Å². The number of hydrogen-bond donors (Lipinski definition) is 1. The highest BCUT2D eigenvalue weighted by molar-refractivity contribution is 7.96. The minimum absolute atomic E-state index is 0.919. The van der Waals surface area contributed by atoms with Gasteiger partial charge in [-0.25, -0.2) is 0 Å². The summed E-state index contributed by atoms with van der Waals surface area (Å²) in [5, 5.41) is 2.66. The third-order valence-electron chi connectivity index (χ3n) is 2.29. The Kier molecular flexibility index (Phi) is 3.07. The van der Waals surface area contributed by atoms with Crippen LogP contribution in [0.4, 0.5) is 0 Å². The largest absolute Gasteiger partial charge is 0.260 e. The van der Waals surface area contributed by atoms with E-state index in [1.54, 1.807) is 11.9 Å². The molecule has 0 aliphatic heterocycles. The van der Waals surface area contributed by atoms with Crippen molar-refractivity contribution in [2.75, 3.05) is 6.26 Å². The monoisotopic (exact) mass is 203 g/mol. The van der Waals surface area contributed by atoms with E-state index in [4.69, 9.17) is 0 Å². The van der Waals surface area contributed by atoms with Crippen molar-refractivity contribution in [1.82, 2.24) is 4.72 Å². The fourth-order valence-electron chi connectivity index (χ4n) is 1.60. The van der Waals surface area contributed by atoms with Gasteiger partial charge >= 0.3 is 0 Å². The molecule has 0 aromatic heterocycles. The highest BCUT2D eigenvalue weighted by Gasteiger charge is 1.98. The van der Waals surface area contributed by atoms with Crippen molar-refractivity contribution in [2.45, 2.75) is 6.54 Å². The Bertz CT molecular complexity index is 420. The van der Waals surface area contributed by atoms with Crippen molar-refractivity contribution in [3.63, 3.8) is 0 Å². The molecule has 0 spiro atoms. The molecule has 0 saturated heterocycles. The van der Waals surface area contributed by atoms with Crippen molar-refractivity contribution < 1.29 is 0 Å². The number of hydrogen-bond acceptors (Lipinski definition) is 2. The highest BCUT2D eigenvalue weighted by atomic mass is 32.2. The Hall–Kier alpha value is -0.990. The molecule has 2 heteroatoms. The third-order valence-corrected chi connectivity index (χ3v) is 2.72. The molecule has 14 heavy (non-hydrogen) atoms. The van der Waals surface area contributed by atoms with Gasteiger partial charge in [0.2, 0.25) is 0 Å². The quantitative estimate of drug-likeness (QED) is 0.769. The molecular weight excluding hydrogens is 190 g/mol. The first-order valence-corrected chi connectivity index (χ1v) is 5.87. The van der Waals surface area contributed by atoms with Gasteiger partial charge in [0, 0.05) is 6.54 Å². The molecule has 0 fully saturated rings. The van der Waals surface area contributed by atoms with E-state index < -0.39 is 0 Å². The average molecular weight is 203 g/mol. The van der Waals surface area contributed by atoms with E-state index in [9.17, 15) is 0 Å². The second kappa shape index (κ2) is 4.49. The van der Waals surface area contributed by atoms with Gasteiger partial charge in [-0.3, -0.25) is 4.72 Å². The van der Waals surface area contributed by atoms with E-state index in [0.717, 1.165) is 6.54 Å². The van der Waals surface area contributed by atoms with E-state index in [-0.39, 0.29) is 0 Å². The molecule has 0 saturated carbocycles. The topological polar surface area (TPSA) is 12.0 Å². The van der Waals surface area contributed by atoms with Gasteiger partial charge in [-0.1, -0.05) is 54.4 Å². The predicted molar refractivity (Wildman–Crippen MR) is 64.3 cm³/mol. The summed E-state index contributed by atoms with van der Waals surface area (Å²) in [5.41, 5.74) is 1.36. The summed E-state index contributed by atoms with van der Waals surface area (Å²) in [6.07, 6.45) is 2.05. The van der Waals surface area contributed by atoms with Gasteiger partial charge in [-0.2, -0.15) is 0 Å². The van der Waals surface area contributed by atoms with Crippen LogP contribution in [0.2, 0.25) is 0 Å². The molecule has 1 nitrogen and oxygen atoms in total. The van der Waals surface area contributed by atoms with Crippen LogP contribution in [0.1, 0.15) is 5.56 Å². The van der Waals surface area contributed by atoms with E-state index in [1.807, 2.05) is 6.26 Å². The summed E-state index contributed by atoms with van der Waals surface area (Å²) < 4.78 is 3.27. The van der Waals surface area contributed by atoms with E-state index in [0.29, 0.717) is 0 Å². The van der Waals surface area contributed by atoms with Crippen LogP contribution in [0, 0.1) is 0 Å². The highest BCUT2D eigenvalue weighted by Crippen LogP contribution is 2.18. The fraction of sp³-hybridized carbons (Fsp3) is 0.167. The summed E-state index contributed by atoms with van der Waals surface area (Å²) in [6.45, 7) is 0.919. The average Bonchev–Trinajstić information content (AvgIpc) is 2.26. The minimum atomic E-state index is 0.919. The van der Waals surface area contributed by atoms with Crippen LogP contribution in [0.15, 0.2) is 42.5 Å². The molecule has 0 aliphatic rings. The van der Waals surface area contributed by atoms with Crippen LogP contribution in [0.25, 0.3) is 10.8 Å². The Labute approximate surface area is 88.7 Å². The Morgan fingerprint density at radius 1 is 1.07 bits per heavy atom. The molecule has 2 aromatic rings. The zero-order valence-corrected chi connectivity index (χ0v) is 8.97. The maximum Gasteiger partial charge on any atom is 0.0316 e. The van der Waals surface area contributed by atoms with Crippen LogP contribution in [-0.2, 0) is 6.54 Å².